The van der Waals surface area contributed by atoms with Gasteiger partial charge in [0.15, 0.2) is 0 Å². The molecule has 0 aliphatic rings. The van der Waals surface area contributed by atoms with Crippen LogP contribution in [0.2, 0.25) is 5.02 Å². The van der Waals surface area contributed by atoms with Gasteiger partial charge in [0, 0.05) is 5.02 Å². The molecule has 0 radical (unpaired) electrons. The second-order valence-corrected chi connectivity index (χ2v) is 3.03. The minimum atomic E-state index is -0.195. The molecule has 0 spiro atoms. The minimum absolute atomic E-state index is 0.0664. The average Bonchev–Trinajstić information content (AvgIpc) is 2.27. The largest absolute Gasteiger partial charge is 0.192 e. The number of hydrogen-bond acceptors (Lipinski definition) is 3. The van der Waals surface area contributed by atoms with E-state index >= 15 is 0 Å². The maximum absolute atomic E-state index is 8.84. The van der Waals surface area contributed by atoms with E-state index in [9.17, 15) is 0 Å². The normalized spacial score (nSPS) is 8.13. The van der Waals surface area contributed by atoms with E-state index in [1.54, 1.807) is 36.4 Å². The summed E-state index contributed by atoms with van der Waals surface area (Å²) >= 11 is 5.68. The lowest BCUT2D eigenvalue weighted by Crippen LogP contribution is -1.86. The molecule has 1 rings (SSSR count). The molecule has 1 aromatic carbocycles. The molecule has 0 atom stereocenters. The molecule has 0 bridgehead atoms. The van der Waals surface area contributed by atoms with Gasteiger partial charge in [-0.2, -0.15) is 15.8 Å². The van der Waals surface area contributed by atoms with Crippen molar-refractivity contribution in [3.63, 3.8) is 0 Å². The van der Waals surface area contributed by atoms with Crippen molar-refractivity contribution in [3.05, 3.63) is 40.4 Å². The van der Waals surface area contributed by atoms with Gasteiger partial charge in [-0.05, 0) is 17.7 Å². The molecule has 0 fully saturated rings. The fourth-order valence-corrected chi connectivity index (χ4v) is 1.14. The zero-order valence-corrected chi connectivity index (χ0v) is 8.28. The van der Waals surface area contributed by atoms with Crippen LogP contribution in [0.4, 0.5) is 0 Å². The highest BCUT2D eigenvalue weighted by atomic mass is 35.5. The molecule has 4 heteroatoms. The summed E-state index contributed by atoms with van der Waals surface area (Å²) in [5.41, 5.74) is 0.386. The van der Waals surface area contributed by atoms with E-state index in [1.165, 1.54) is 0 Å². The molecular weight excluding hydrogens is 210 g/mol. The van der Waals surface area contributed by atoms with E-state index in [0.29, 0.717) is 10.6 Å². The summed E-state index contributed by atoms with van der Waals surface area (Å²) in [7, 11) is 0. The lowest BCUT2D eigenvalue weighted by Gasteiger charge is -1.98. The van der Waals surface area contributed by atoms with Crippen LogP contribution in [0.5, 0.6) is 0 Å². The van der Waals surface area contributed by atoms with E-state index < -0.39 is 0 Å². The molecule has 0 amide bonds. The van der Waals surface area contributed by atoms with Crippen LogP contribution in [0.15, 0.2) is 29.8 Å². The van der Waals surface area contributed by atoms with E-state index in [-0.39, 0.29) is 11.1 Å². The van der Waals surface area contributed by atoms with Crippen LogP contribution in [-0.2, 0) is 0 Å². The van der Waals surface area contributed by atoms with Gasteiger partial charge in [0.25, 0.3) is 0 Å². The van der Waals surface area contributed by atoms with Crippen molar-refractivity contribution in [1.82, 2.24) is 0 Å². The van der Waals surface area contributed by atoms with Crippen molar-refractivity contribution in [2.75, 3.05) is 0 Å². The second kappa shape index (κ2) is 4.82. The van der Waals surface area contributed by atoms with Gasteiger partial charge in [-0.25, -0.2) is 0 Å². The summed E-state index contributed by atoms with van der Waals surface area (Å²) in [5.74, 6) is 0. The van der Waals surface area contributed by atoms with Crippen molar-refractivity contribution in [1.29, 1.82) is 15.8 Å². The Morgan fingerprint density at radius 2 is 1.47 bits per heavy atom. The number of nitriles is 3. The first kappa shape index (κ1) is 10.8. The van der Waals surface area contributed by atoms with Crippen LogP contribution in [-0.4, -0.2) is 0 Å². The quantitative estimate of drug-likeness (QED) is 0.674. The van der Waals surface area contributed by atoms with Crippen molar-refractivity contribution >= 4 is 17.2 Å². The second-order valence-electron chi connectivity index (χ2n) is 2.59. The predicted octanol–water partition coefficient (Wildman–Crippen LogP) is 2.66. The maximum atomic E-state index is 8.84. The molecular formula is C11H4ClN3. The summed E-state index contributed by atoms with van der Waals surface area (Å²) in [6, 6.07) is 11.6. The van der Waals surface area contributed by atoms with Crippen LogP contribution in [0.1, 0.15) is 5.56 Å². The Balaban J connectivity index is 3.35. The highest BCUT2D eigenvalue weighted by Crippen LogP contribution is 2.19. The van der Waals surface area contributed by atoms with E-state index in [1.807, 2.05) is 6.07 Å². The number of halogens is 1. The standard InChI is InChI=1S/C11H4ClN3/c12-10-3-1-8(2-4-10)11(7-15)9(5-13)6-14/h1-4H. The van der Waals surface area contributed by atoms with Gasteiger partial charge in [-0.3, -0.25) is 0 Å². The monoisotopic (exact) mass is 213 g/mol. The van der Waals surface area contributed by atoms with E-state index in [4.69, 9.17) is 27.4 Å². The molecule has 0 aliphatic heterocycles. The minimum Gasteiger partial charge on any atom is -0.192 e. The molecule has 1 aromatic rings. The number of benzene rings is 1. The molecule has 70 valence electrons. The van der Waals surface area contributed by atoms with E-state index in [0.717, 1.165) is 0 Å². The third-order valence-corrected chi connectivity index (χ3v) is 1.97. The van der Waals surface area contributed by atoms with Crippen molar-refractivity contribution in [2.45, 2.75) is 0 Å². The Kier molecular flexibility index (Phi) is 3.47. The van der Waals surface area contributed by atoms with Gasteiger partial charge >= 0.3 is 0 Å². The van der Waals surface area contributed by atoms with E-state index in [2.05, 4.69) is 0 Å². The summed E-state index contributed by atoms with van der Waals surface area (Å²) in [4.78, 5) is 0. The number of hydrogen-bond donors (Lipinski definition) is 0. The van der Waals surface area contributed by atoms with Gasteiger partial charge in [-0.1, -0.05) is 23.7 Å². The summed E-state index contributed by atoms with van der Waals surface area (Å²) < 4.78 is 0. The predicted molar refractivity (Wildman–Crippen MR) is 55.2 cm³/mol. The first-order valence-corrected chi connectivity index (χ1v) is 4.31. The van der Waals surface area contributed by atoms with Crippen LogP contribution in [0, 0.1) is 34.0 Å². The van der Waals surface area contributed by atoms with Gasteiger partial charge in [0.05, 0.1) is 5.57 Å². The fourth-order valence-electron chi connectivity index (χ4n) is 1.02. The third kappa shape index (κ3) is 2.35. The van der Waals surface area contributed by atoms with Crippen molar-refractivity contribution in [2.24, 2.45) is 0 Å². The highest BCUT2D eigenvalue weighted by Gasteiger charge is 2.07. The maximum Gasteiger partial charge on any atom is 0.148 e. The molecule has 0 aliphatic carbocycles. The lowest BCUT2D eigenvalue weighted by atomic mass is 10.0. The van der Waals surface area contributed by atoms with Crippen LogP contribution in [0.25, 0.3) is 5.57 Å². The van der Waals surface area contributed by atoms with Crippen LogP contribution in [0.3, 0.4) is 0 Å². The first-order valence-electron chi connectivity index (χ1n) is 3.93. The summed E-state index contributed by atoms with van der Waals surface area (Å²) in [6.07, 6.45) is 0. The van der Waals surface area contributed by atoms with Gasteiger partial charge in [0.2, 0.25) is 0 Å². The Bertz CT molecular complexity index is 505. The Hall–Kier alpha value is -2.28. The number of rotatable bonds is 1. The molecule has 0 heterocycles. The fraction of sp³-hybridized carbons (Fsp3) is 0. The molecule has 0 saturated carbocycles. The Labute approximate surface area is 92.0 Å². The molecule has 0 N–H and O–H groups in total. The molecule has 15 heavy (non-hydrogen) atoms. The Morgan fingerprint density at radius 3 is 1.87 bits per heavy atom. The summed E-state index contributed by atoms with van der Waals surface area (Å²) in [5, 5.41) is 26.6. The Morgan fingerprint density at radius 1 is 0.933 bits per heavy atom. The topological polar surface area (TPSA) is 71.4 Å². The van der Waals surface area contributed by atoms with Gasteiger partial charge < -0.3 is 0 Å². The molecule has 3 nitrogen and oxygen atoms in total. The van der Waals surface area contributed by atoms with Gasteiger partial charge in [0.1, 0.15) is 23.8 Å². The molecule has 0 aromatic heterocycles. The first-order chi connectivity index (χ1) is 7.22. The zero-order valence-electron chi connectivity index (χ0n) is 7.53. The number of nitrogens with zero attached hydrogens (tertiary/aromatic N) is 3. The lowest BCUT2D eigenvalue weighted by molar-refractivity contribution is 1.45. The summed E-state index contributed by atoms with van der Waals surface area (Å²) in [6.45, 7) is 0. The van der Waals surface area contributed by atoms with Crippen molar-refractivity contribution < 1.29 is 0 Å². The number of allylic oxidation sites excluding steroid dienone is 2. The SMILES string of the molecule is N#CC(C#N)=C(C#N)c1ccc(Cl)cc1. The van der Waals surface area contributed by atoms with Crippen LogP contribution >= 0.6 is 11.6 Å². The van der Waals surface area contributed by atoms with Gasteiger partial charge in [-0.15, -0.1) is 0 Å². The third-order valence-electron chi connectivity index (χ3n) is 1.72. The highest BCUT2D eigenvalue weighted by molar-refractivity contribution is 6.30. The molecule has 0 saturated heterocycles. The molecule has 0 unspecified atom stereocenters. The average molecular weight is 214 g/mol. The van der Waals surface area contributed by atoms with Crippen molar-refractivity contribution in [3.8, 4) is 18.2 Å². The smallest absolute Gasteiger partial charge is 0.148 e. The zero-order chi connectivity index (χ0) is 11.3. The van der Waals surface area contributed by atoms with Crippen LogP contribution < -0.4 is 0 Å².